The van der Waals surface area contributed by atoms with Crippen LogP contribution in [0.1, 0.15) is 12.1 Å². The van der Waals surface area contributed by atoms with E-state index in [9.17, 15) is 8.42 Å². The molecule has 1 saturated heterocycles. The first-order valence-corrected chi connectivity index (χ1v) is 8.34. The summed E-state index contributed by atoms with van der Waals surface area (Å²) in [6.45, 7) is 2.53. The number of hydrogen-bond acceptors (Lipinski definition) is 6. The number of rotatable bonds is 4. The molecule has 1 atom stereocenters. The van der Waals surface area contributed by atoms with Crippen LogP contribution >= 0.6 is 0 Å². The minimum absolute atomic E-state index is 0.0609. The first kappa shape index (κ1) is 14.9. The summed E-state index contributed by atoms with van der Waals surface area (Å²) in [6.07, 6.45) is 3.35. The summed E-state index contributed by atoms with van der Waals surface area (Å²) < 4.78 is 33.6. The molecule has 0 bridgehead atoms. The van der Waals surface area contributed by atoms with E-state index in [1.807, 2.05) is 6.92 Å². The lowest BCUT2D eigenvalue weighted by Crippen LogP contribution is -2.31. The van der Waals surface area contributed by atoms with Crippen molar-refractivity contribution in [2.75, 3.05) is 13.1 Å². The monoisotopic (exact) mass is 323 g/mol. The molecule has 22 heavy (non-hydrogen) atoms. The topological polar surface area (TPSA) is 90.2 Å². The highest BCUT2D eigenvalue weighted by molar-refractivity contribution is 7.89. The molecular weight excluding hydrogens is 306 g/mol. The zero-order valence-electron chi connectivity index (χ0n) is 12.4. The summed E-state index contributed by atoms with van der Waals surface area (Å²) in [4.78, 5) is 3.92. The molecule has 118 valence electrons. The van der Waals surface area contributed by atoms with Crippen LogP contribution in [-0.2, 0) is 17.1 Å². The van der Waals surface area contributed by atoms with E-state index in [1.165, 1.54) is 16.8 Å². The number of aromatic nitrogens is 4. The second-order valence-electron chi connectivity index (χ2n) is 5.28. The smallest absolute Gasteiger partial charge is 0.262 e. The zero-order valence-corrected chi connectivity index (χ0v) is 13.2. The fourth-order valence-electron chi connectivity index (χ4n) is 2.29. The Morgan fingerprint density at radius 2 is 2.14 bits per heavy atom. The van der Waals surface area contributed by atoms with Gasteiger partial charge in [0.2, 0.25) is 5.88 Å². The van der Waals surface area contributed by atoms with Gasteiger partial charge in [-0.2, -0.15) is 9.40 Å². The van der Waals surface area contributed by atoms with Gasteiger partial charge in [0, 0.05) is 25.9 Å². The predicted molar refractivity (Wildman–Crippen MR) is 77.8 cm³/mol. The number of imidazole rings is 1. The molecule has 2 aromatic rings. The molecule has 0 spiro atoms. The maximum atomic E-state index is 12.5. The van der Waals surface area contributed by atoms with Crippen LogP contribution in [0.5, 0.6) is 5.88 Å². The van der Waals surface area contributed by atoms with Gasteiger partial charge in [0.05, 0.1) is 18.6 Å². The Balaban J connectivity index is 1.68. The van der Waals surface area contributed by atoms with Crippen molar-refractivity contribution in [1.29, 1.82) is 0 Å². The fourth-order valence-corrected chi connectivity index (χ4v) is 3.74. The Labute approximate surface area is 128 Å². The van der Waals surface area contributed by atoms with Gasteiger partial charge in [0.15, 0.2) is 5.03 Å². The molecule has 3 rings (SSSR count). The van der Waals surface area contributed by atoms with Gasteiger partial charge < -0.3 is 9.30 Å². The van der Waals surface area contributed by atoms with E-state index in [0.29, 0.717) is 18.8 Å². The van der Waals surface area contributed by atoms with E-state index in [2.05, 4.69) is 15.2 Å². The summed E-state index contributed by atoms with van der Waals surface area (Å²) in [6, 6.07) is 3.54. The summed E-state index contributed by atoms with van der Waals surface area (Å²) >= 11 is 0. The summed E-state index contributed by atoms with van der Waals surface area (Å²) in [7, 11) is -1.83. The molecule has 0 aromatic carbocycles. The third-order valence-corrected chi connectivity index (χ3v) is 5.20. The van der Waals surface area contributed by atoms with Crippen LogP contribution in [0.4, 0.5) is 0 Å². The number of nitrogens with zero attached hydrogens (tertiary/aromatic N) is 5. The fraction of sp³-hybridized carbons (Fsp3) is 0.462. The first-order chi connectivity index (χ1) is 10.4. The molecular formula is C13H17N5O3S. The lowest BCUT2D eigenvalue weighted by molar-refractivity contribution is 0.204. The number of aryl methyl sites for hydroxylation is 2. The van der Waals surface area contributed by atoms with E-state index in [-0.39, 0.29) is 17.7 Å². The number of hydrogen-bond donors (Lipinski definition) is 0. The molecule has 9 heteroatoms. The first-order valence-electron chi connectivity index (χ1n) is 6.90. The molecule has 1 fully saturated rings. The Hall–Kier alpha value is -2.00. The molecule has 3 heterocycles. The summed E-state index contributed by atoms with van der Waals surface area (Å²) in [5, 5.41) is 7.92. The Bertz CT molecular complexity index is 756. The van der Waals surface area contributed by atoms with Gasteiger partial charge in [-0.05, 0) is 19.4 Å². The maximum absolute atomic E-state index is 12.5. The van der Waals surface area contributed by atoms with Gasteiger partial charge in [0.1, 0.15) is 6.10 Å². The van der Waals surface area contributed by atoms with Crippen molar-refractivity contribution in [3.05, 3.63) is 30.4 Å². The van der Waals surface area contributed by atoms with Crippen LogP contribution in [0, 0.1) is 6.92 Å². The van der Waals surface area contributed by atoms with Crippen molar-refractivity contribution in [1.82, 2.24) is 24.1 Å². The highest BCUT2D eigenvalue weighted by Gasteiger charge is 2.35. The molecule has 1 aliphatic heterocycles. The van der Waals surface area contributed by atoms with E-state index >= 15 is 0 Å². The zero-order chi connectivity index (χ0) is 15.7. The van der Waals surface area contributed by atoms with E-state index in [0.717, 1.165) is 5.69 Å². The van der Waals surface area contributed by atoms with Crippen LogP contribution in [0.3, 0.4) is 0 Å². The maximum Gasteiger partial charge on any atom is 0.262 e. The van der Waals surface area contributed by atoms with Crippen LogP contribution < -0.4 is 4.74 Å². The third-order valence-electron chi connectivity index (χ3n) is 3.45. The number of ether oxygens (including phenoxy) is 1. The van der Waals surface area contributed by atoms with Gasteiger partial charge in [-0.25, -0.2) is 13.4 Å². The lowest BCUT2D eigenvalue weighted by Gasteiger charge is -2.15. The van der Waals surface area contributed by atoms with E-state index < -0.39 is 10.0 Å². The van der Waals surface area contributed by atoms with Crippen LogP contribution in [0.25, 0.3) is 0 Å². The van der Waals surface area contributed by atoms with Crippen molar-refractivity contribution in [2.45, 2.75) is 24.5 Å². The van der Waals surface area contributed by atoms with Crippen molar-refractivity contribution in [3.8, 4) is 5.88 Å². The normalized spacial score (nSPS) is 19.5. The van der Waals surface area contributed by atoms with Crippen LogP contribution in [-0.4, -0.2) is 51.7 Å². The molecule has 0 amide bonds. The molecule has 2 aromatic heterocycles. The highest BCUT2D eigenvalue weighted by atomic mass is 32.2. The van der Waals surface area contributed by atoms with Gasteiger partial charge in [-0.1, -0.05) is 0 Å². The molecule has 0 unspecified atom stereocenters. The average molecular weight is 323 g/mol. The average Bonchev–Trinajstić information content (AvgIpc) is 3.11. The molecule has 0 radical (unpaired) electrons. The molecule has 0 saturated carbocycles. The van der Waals surface area contributed by atoms with Crippen LogP contribution in [0.15, 0.2) is 29.7 Å². The Morgan fingerprint density at radius 3 is 2.77 bits per heavy atom. The quantitative estimate of drug-likeness (QED) is 0.807. The van der Waals surface area contributed by atoms with Crippen molar-refractivity contribution in [3.63, 3.8) is 0 Å². The van der Waals surface area contributed by atoms with Gasteiger partial charge in [0.25, 0.3) is 10.0 Å². The lowest BCUT2D eigenvalue weighted by atomic mass is 10.3. The van der Waals surface area contributed by atoms with Crippen LogP contribution in [0.2, 0.25) is 0 Å². The third kappa shape index (κ3) is 2.95. The predicted octanol–water partition coefficient (Wildman–Crippen LogP) is 0.361. The van der Waals surface area contributed by atoms with Crippen molar-refractivity contribution >= 4 is 10.0 Å². The Kier molecular flexibility index (Phi) is 3.83. The molecule has 0 aliphatic carbocycles. The summed E-state index contributed by atoms with van der Waals surface area (Å²) in [5.74, 6) is 0.410. The molecule has 0 N–H and O–H groups in total. The minimum Gasteiger partial charge on any atom is -0.472 e. The van der Waals surface area contributed by atoms with Gasteiger partial charge in [-0.3, -0.25) is 0 Å². The SMILES string of the molecule is Cc1ccc(O[C@H]2CCN(S(=O)(=O)c3cn(C)cn3)C2)nn1. The number of sulfonamides is 1. The summed E-state index contributed by atoms with van der Waals surface area (Å²) in [5.41, 5.74) is 0.804. The largest absolute Gasteiger partial charge is 0.472 e. The van der Waals surface area contributed by atoms with Gasteiger partial charge >= 0.3 is 0 Å². The van der Waals surface area contributed by atoms with Crippen molar-refractivity contribution < 1.29 is 13.2 Å². The molecule has 1 aliphatic rings. The Morgan fingerprint density at radius 1 is 1.32 bits per heavy atom. The standard InChI is InChI=1S/C13H17N5O3S/c1-10-3-4-12(16-15-10)21-11-5-6-18(7-11)22(19,20)13-8-17(2)9-14-13/h3-4,8-9,11H,5-7H2,1-2H3/t11-/m0/s1. The van der Waals surface area contributed by atoms with Gasteiger partial charge in [-0.15, -0.1) is 5.10 Å². The minimum atomic E-state index is -3.56. The van der Waals surface area contributed by atoms with E-state index in [4.69, 9.17) is 4.74 Å². The van der Waals surface area contributed by atoms with E-state index in [1.54, 1.807) is 23.7 Å². The molecule has 8 nitrogen and oxygen atoms in total. The van der Waals surface area contributed by atoms with Crippen molar-refractivity contribution in [2.24, 2.45) is 7.05 Å². The second-order valence-corrected chi connectivity index (χ2v) is 7.17. The second kappa shape index (κ2) is 5.65. The highest BCUT2D eigenvalue weighted by Crippen LogP contribution is 2.22.